The number of ether oxygens (including phenoxy) is 1. The van der Waals surface area contributed by atoms with E-state index in [0.29, 0.717) is 18.0 Å². The number of rotatable bonds is 4. The highest BCUT2D eigenvalue weighted by Gasteiger charge is 2.14. The average molecular weight is 245 g/mol. The van der Waals surface area contributed by atoms with Crippen LogP contribution in [-0.4, -0.2) is 22.6 Å². The molecule has 1 N–H and O–H groups in total. The second kappa shape index (κ2) is 5.35. The van der Waals surface area contributed by atoms with E-state index in [0.717, 1.165) is 5.69 Å². The zero-order valence-corrected chi connectivity index (χ0v) is 10.4. The predicted molar refractivity (Wildman–Crippen MR) is 68.8 cm³/mol. The molecule has 0 atom stereocenters. The van der Waals surface area contributed by atoms with Gasteiger partial charge in [-0.1, -0.05) is 12.1 Å². The van der Waals surface area contributed by atoms with Gasteiger partial charge in [0.15, 0.2) is 0 Å². The summed E-state index contributed by atoms with van der Waals surface area (Å²) in [5.41, 5.74) is 1.24. The Morgan fingerprint density at radius 2 is 2.22 bits per heavy atom. The number of imidazole rings is 1. The molecule has 1 aromatic carbocycles. The zero-order chi connectivity index (χ0) is 13.0. The van der Waals surface area contributed by atoms with Crippen LogP contribution in [0.1, 0.15) is 17.3 Å². The van der Waals surface area contributed by atoms with E-state index < -0.39 is 5.97 Å². The molecular weight excluding hydrogens is 230 g/mol. The van der Waals surface area contributed by atoms with Gasteiger partial charge < -0.3 is 14.6 Å². The lowest BCUT2D eigenvalue weighted by Gasteiger charge is -2.09. The number of para-hydroxylation sites is 1. The Labute approximate surface area is 105 Å². The Kier molecular flexibility index (Phi) is 3.62. The van der Waals surface area contributed by atoms with Crippen LogP contribution < -0.4 is 10.1 Å². The van der Waals surface area contributed by atoms with Crippen LogP contribution in [0.3, 0.4) is 0 Å². The van der Waals surface area contributed by atoms with Gasteiger partial charge in [-0.25, -0.2) is 9.78 Å². The lowest BCUT2D eigenvalue weighted by atomic mass is 10.2. The molecule has 18 heavy (non-hydrogen) atoms. The molecule has 0 unspecified atom stereocenters. The Hall–Kier alpha value is -2.30. The fourth-order valence-corrected chi connectivity index (χ4v) is 1.66. The number of hydrogen-bond donors (Lipinski definition) is 1. The molecule has 1 aromatic heterocycles. The second-order valence-corrected chi connectivity index (χ2v) is 3.70. The highest BCUT2D eigenvalue weighted by atomic mass is 16.5. The molecule has 5 nitrogen and oxygen atoms in total. The van der Waals surface area contributed by atoms with Crippen LogP contribution in [-0.2, 0) is 6.54 Å². The van der Waals surface area contributed by atoms with E-state index in [9.17, 15) is 4.79 Å². The summed E-state index contributed by atoms with van der Waals surface area (Å²) in [7, 11) is 1.77. The molecule has 0 aliphatic heterocycles. The van der Waals surface area contributed by atoms with Gasteiger partial charge in [0.1, 0.15) is 0 Å². The van der Waals surface area contributed by atoms with Gasteiger partial charge in [-0.2, -0.15) is 0 Å². The molecule has 0 saturated carbocycles. The van der Waals surface area contributed by atoms with E-state index in [1.807, 2.05) is 19.1 Å². The van der Waals surface area contributed by atoms with Crippen LogP contribution in [0.5, 0.6) is 5.88 Å². The smallest absolute Gasteiger partial charge is 0.346 e. The Morgan fingerprint density at radius 3 is 2.94 bits per heavy atom. The van der Waals surface area contributed by atoms with Crippen LogP contribution in [0.4, 0.5) is 5.69 Å². The van der Waals surface area contributed by atoms with Crippen molar-refractivity contribution in [2.24, 2.45) is 0 Å². The molecule has 2 aromatic rings. The number of nitrogens with zero attached hydrogens (tertiary/aromatic N) is 2. The number of carbonyl (C=O) groups is 1. The number of benzene rings is 1. The van der Waals surface area contributed by atoms with Gasteiger partial charge in [0.2, 0.25) is 5.88 Å². The zero-order valence-electron chi connectivity index (χ0n) is 10.4. The highest BCUT2D eigenvalue weighted by Crippen LogP contribution is 2.18. The van der Waals surface area contributed by atoms with Gasteiger partial charge in [-0.05, 0) is 19.1 Å². The van der Waals surface area contributed by atoms with Crippen molar-refractivity contribution in [2.75, 3.05) is 12.4 Å². The minimum Gasteiger partial charge on any atom is -0.404 e. The number of carbonyl (C=O) groups excluding carboxylic acids is 1. The monoisotopic (exact) mass is 245 g/mol. The summed E-state index contributed by atoms with van der Waals surface area (Å²) < 4.78 is 7.09. The number of anilines is 1. The van der Waals surface area contributed by atoms with E-state index >= 15 is 0 Å². The first-order valence-corrected chi connectivity index (χ1v) is 5.75. The van der Waals surface area contributed by atoms with E-state index in [1.54, 1.807) is 30.1 Å². The molecule has 2 rings (SSSR count). The first-order valence-electron chi connectivity index (χ1n) is 5.75. The fourth-order valence-electron chi connectivity index (χ4n) is 1.66. The number of nitrogens with one attached hydrogen (secondary N) is 1. The van der Waals surface area contributed by atoms with Crippen LogP contribution in [0, 0.1) is 0 Å². The van der Waals surface area contributed by atoms with E-state index in [2.05, 4.69) is 10.3 Å². The molecule has 0 fully saturated rings. The van der Waals surface area contributed by atoms with Crippen molar-refractivity contribution in [1.82, 2.24) is 9.55 Å². The van der Waals surface area contributed by atoms with Crippen molar-refractivity contribution in [2.45, 2.75) is 13.5 Å². The van der Waals surface area contributed by atoms with Gasteiger partial charge in [0, 0.05) is 19.3 Å². The van der Waals surface area contributed by atoms with Gasteiger partial charge in [0.05, 0.1) is 18.1 Å². The topological polar surface area (TPSA) is 56.2 Å². The molecule has 0 saturated heterocycles. The highest BCUT2D eigenvalue weighted by molar-refractivity contribution is 5.96. The maximum Gasteiger partial charge on any atom is 0.346 e. The minimum absolute atomic E-state index is 0.393. The minimum atomic E-state index is -0.393. The predicted octanol–water partition coefficient (Wildman–Crippen LogP) is 2.16. The molecule has 0 radical (unpaired) electrons. The lowest BCUT2D eigenvalue weighted by Crippen LogP contribution is -2.13. The molecule has 0 aliphatic rings. The SMILES string of the molecule is CCn1cncc1OC(=O)c1ccccc1NC. The van der Waals surface area contributed by atoms with Crippen molar-refractivity contribution >= 4 is 11.7 Å². The quantitative estimate of drug-likeness (QED) is 0.839. The summed E-state index contributed by atoms with van der Waals surface area (Å²) in [5.74, 6) is 0.0588. The molecule has 0 aliphatic carbocycles. The van der Waals surface area contributed by atoms with Crippen molar-refractivity contribution in [3.63, 3.8) is 0 Å². The summed E-state index contributed by atoms with van der Waals surface area (Å²) in [4.78, 5) is 16.0. The first-order chi connectivity index (χ1) is 8.76. The largest absolute Gasteiger partial charge is 0.404 e. The van der Waals surface area contributed by atoms with Crippen molar-refractivity contribution in [3.8, 4) is 5.88 Å². The molecule has 1 heterocycles. The van der Waals surface area contributed by atoms with Crippen LogP contribution in [0.2, 0.25) is 0 Å². The molecule has 0 amide bonds. The summed E-state index contributed by atoms with van der Waals surface area (Å²) in [6.07, 6.45) is 3.16. The molecule has 0 spiro atoms. The third kappa shape index (κ3) is 2.34. The average Bonchev–Trinajstić information content (AvgIpc) is 2.85. The molecule has 5 heteroatoms. The van der Waals surface area contributed by atoms with Crippen molar-refractivity contribution in [1.29, 1.82) is 0 Å². The fraction of sp³-hybridized carbons (Fsp3) is 0.231. The Bertz CT molecular complexity index is 549. The van der Waals surface area contributed by atoms with Gasteiger partial charge in [-0.15, -0.1) is 0 Å². The number of aryl methyl sites for hydroxylation is 1. The summed E-state index contributed by atoms with van der Waals surface area (Å²) in [6.45, 7) is 2.66. The standard InChI is InChI=1S/C13H15N3O2/c1-3-16-9-15-8-12(16)18-13(17)10-6-4-5-7-11(10)14-2/h4-9,14H,3H2,1-2H3. The van der Waals surface area contributed by atoms with Gasteiger partial charge in [0.25, 0.3) is 0 Å². The first kappa shape index (κ1) is 12.2. The van der Waals surface area contributed by atoms with Crippen LogP contribution >= 0.6 is 0 Å². The number of hydrogen-bond acceptors (Lipinski definition) is 4. The third-order valence-electron chi connectivity index (χ3n) is 2.63. The summed E-state index contributed by atoms with van der Waals surface area (Å²) >= 11 is 0. The Balaban J connectivity index is 2.22. The molecular formula is C13H15N3O2. The second-order valence-electron chi connectivity index (χ2n) is 3.70. The van der Waals surface area contributed by atoms with Crippen molar-refractivity contribution in [3.05, 3.63) is 42.4 Å². The maximum absolute atomic E-state index is 12.1. The molecule has 94 valence electrons. The summed E-state index contributed by atoms with van der Waals surface area (Å²) in [6, 6.07) is 7.21. The van der Waals surface area contributed by atoms with Crippen LogP contribution in [0.25, 0.3) is 0 Å². The van der Waals surface area contributed by atoms with Crippen LogP contribution in [0.15, 0.2) is 36.8 Å². The van der Waals surface area contributed by atoms with Crippen molar-refractivity contribution < 1.29 is 9.53 Å². The van der Waals surface area contributed by atoms with Gasteiger partial charge >= 0.3 is 5.97 Å². The van der Waals surface area contributed by atoms with E-state index in [-0.39, 0.29) is 0 Å². The maximum atomic E-state index is 12.1. The third-order valence-corrected chi connectivity index (χ3v) is 2.63. The number of aromatic nitrogens is 2. The number of esters is 1. The Morgan fingerprint density at radius 1 is 1.44 bits per heavy atom. The molecule has 0 bridgehead atoms. The summed E-state index contributed by atoms with van der Waals surface area (Å²) in [5, 5.41) is 2.96. The lowest BCUT2D eigenvalue weighted by molar-refractivity contribution is 0.0722. The van der Waals surface area contributed by atoms with E-state index in [4.69, 9.17) is 4.74 Å². The van der Waals surface area contributed by atoms with E-state index in [1.165, 1.54) is 6.20 Å². The van der Waals surface area contributed by atoms with Gasteiger partial charge in [-0.3, -0.25) is 0 Å². The normalized spacial score (nSPS) is 10.1.